The maximum Gasteiger partial charge on any atom is 0.296 e. The average Bonchev–Trinajstić information content (AvgIpc) is 3.33. The van der Waals surface area contributed by atoms with E-state index in [0.29, 0.717) is 0 Å². The van der Waals surface area contributed by atoms with Gasteiger partial charge in [-0.25, -0.2) is 0 Å². The summed E-state index contributed by atoms with van der Waals surface area (Å²) < 4.78 is 61.1. The standard InChI is InChI=1S/C23H26O6S2/c1-16-3-9-20(10-4-16)30(24,25)28-14-22-18-7-8-19(13-18)23(22)15-29-31(26,27)21-11-5-17(2)6-12-21/h3-12,18-19,22-23H,13-15H2,1-2H3/t18-,19-,22-,23-/m0/s1. The third-order valence-electron chi connectivity index (χ3n) is 6.25. The molecule has 8 heteroatoms. The molecule has 0 heterocycles. The lowest BCUT2D eigenvalue weighted by atomic mass is 9.84. The summed E-state index contributed by atoms with van der Waals surface area (Å²) in [6.07, 6.45) is 5.00. The topological polar surface area (TPSA) is 86.7 Å². The first kappa shape index (κ1) is 22.2. The van der Waals surface area contributed by atoms with Crippen molar-refractivity contribution in [3.8, 4) is 0 Å². The molecular weight excluding hydrogens is 436 g/mol. The molecule has 166 valence electrons. The second kappa shape index (κ2) is 8.50. The predicted molar refractivity (Wildman–Crippen MR) is 116 cm³/mol. The van der Waals surface area contributed by atoms with Crippen molar-refractivity contribution in [2.45, 2.75) is 30.1 Å². The third kappa shape index (κ3) is 4.77. The minimum atomic E-state index is -3.88. The normalized spacial score (nSPS) is 25.2. The fourth-order valence-corrected chi connectivity index (χ4v) is 6.29. The predicted octanol–water partition coefficient (Wildman–Crippen LogP) is 3.85. The Balaban J connectivity index is 1.43. The molecule has 2 aromatic rings. The molecule has 4 atom stereocenters. The highest BCUT2D eigenvalue weighted by atomic mass is 32.2. The molecule has 2 aliphatic rings. The van der Waals surface area contributed by atoms with Crippen LogP contribution in [-0.2, 0) is 28.6 Å². The van der Waals surface area contributed by atoms with Crippen LogP contribution in [0.25, 0.3) is 0 Å². The van der Waals surface area contributed by atoms with Gasteiger partial charge in [-0.05, 0) is 68.2 Å². The summed E-state index contributed by atoms with van der Waals surface area (Å²) in [6, 6.07) is 13.0. The van der Waals surface area contributed by atoms with Gasteiger partial charge < -0.3 is 0 Å². The van der Waals surface area contributed by atoms with Crippen LogP contribution in [0.1, 0.15) is 17.5 Å². The van der Waals surface area contributed by atoms with Crippen molar-refractivity contribution in [3.63, 3.8) is 0 Å². The van der Waals surface area contributed by atoms with Gasteiger partial charge in [0.15, 0.2) is 0 Å². The zero-order valence-corrected chi connectivity index (χ0v) is 19.1. The summed E-state index contributed by atoms with van der Waals surface area (Å²) >= 11 is 0. The molecule has 4 rings (SSSR count). The van der Waals surface area contributed by atoms with Crippen LogP contribution in [0.2, 0.25) is 0 Å². The Morgan fingerprint density at radius 1 is 0.677 bits per heavy atom. The first-order chi connectivity index (χ1) is 14.7. The van der Waals surface area contributed by atoms with Crippen LogP contribution < -0.4 is 0 Å². The molecule has 0 aromatic heterocycles. The Morgan fingerprint density at radius 2 is 1.03 bits per heavy atom. The Hall–Kier alpha value is -2.00. The first-order valence-electron chi connectivity index (χ1n) is 10.3. The van der Waals surface area contributed by atoms with Gasteiger partial charge >= 0.3 is 0 Å². The number of hydrogen-bond acceptors (Lipinski definition) is 6. The monoisotopic (exact) mass is 462 g/mol. The van der Waals surface area contributed by atoms with Crippen LogP contribution in [0.4, 0.5) is 0 Å². The lowest BCUT2D eigenvalue weighted by molar-refractivity contribution is 0.138. The van der Waals surface area contributed by atoms with E-state index in [1.807, 2.05) is 13.8 Å². The van der Waals surface area contributed by atoms with E-state index in [-0.39, 0.29) is 46.7 Å². The number of benzene rings is 2. The van der Waals surface area contributed by atoms with Crippen molar-refractivity contribution in [3.05, 3.63) is 71.8 Å². The first-order valence-corrected chi connectivity index (χ1v) is 13.1. The fourth-order valence-electron chi connectivity index (χ4n) is 4.40. The van der Waals surface area contributed by atoms with Gasteiger partial charge in [-0.15, -0.1) is 0 Å². The van der Waals surface area contributed by atoms with Crippen LogP contribution in [0, 0.1) is 37.5 Å². The van der Waals surface area contributed by atoms with E-state index in [1.165, 1.54) is 24.3 Å². The molecule has 2 aromatic carbocycles. The molecule has 2 aliphatic carbocycles. The largest absolute Gasteiger partial charge is 0.296 e. The Labute approximate surface area is 184 Å². The second-order valence-corrected chi connectivity index (χ2v) is 11.6. The third-order valence-corrected chi connectivity index (χ3v) is 8.84. The zero-order chi connectivity index (χ0) is 22.2. The van der Waals surface area contributed by atoms with Gasteiger partial charge in [0.1, 0.15) is 0 Å². The SMILES string of the molecule is Cc1ccc(S(=O)(=O)OC[C@@H]2[C@@H](COS(=O)(=O)c3ccc(C)cc3)[C@H]3C=C[C@H]2C3)cc1. The molecule has 1 fully saturated rings. The summed E-state index contributed by atoms with van der Waals surface area (Å²) in [6.45, 7) is 3.77. The van der Waals surface area contributed by atoms with Gasteiger partial charge in [0, 0.05) is 0 Å². The molecule has 0 amide bonds. The number of aryl methyl sites for hydroxylation is 2. The summed E-state index contributed by atoms with van der Waals surface area (Å²) in [5, 5.41) is 0. The molecule has 6 nitrogen and oxygen atoms in total. The van der Waals surface area contributed by atoms with E-state index >= 15 is 0 Å². The van der Waals surface area contributed by atoms with Gasteiger partial charge in [-0.2, -0.15) is 16.8 Å². The van der Waals surface area contributed by atoms with Crippen LogP contribution in [0.15, 0.2) is 70.5 Å². The second-order valence-electron chi connectivity index (χ2n) is 8.38. The molecule has 31 heavy (non-hydrogen) atoms. The highest BCUT2D eigenvalue weighted by Crippen LogP contribution is 2.48. The van der Waals surface area contributed by atoms with E-state index < -0.39 is 20.2 Å². The minimum absolute atomic E-state index is 0.000320. The number of rotatable bonds is 8. The van der Waals surface area contributed by atoms with E-state index in [9.17, 15) is 16.8 Å². The van der Waals surface area contributed by atoms with Crippen molar-refractivity contribution in [2.75, 3.05) is 13.2 Å². The number of allylic oxidation sites excluding steroid dienone is 2. The van der Waals surface area contributed by atoms with Gasteiger partial charge in [0.05, 0.1) is 23.0 Å². The Morgan fingerprint density at radius 3 is 1.39 bits per heavy atom. The lowest BCUT2D eigenvalue weighted by Crippen LogP contribution is -2.30. The molecule has 1 saturated carbocycles. The number of fused-ring (bicyclic) bond motifs is 2. The average molecular weight is 463 g/mol. The highest BCUT2D eigenvalue weighted by molar-refractivity contribution is 7.87. The van der Waals surface area contributed by atoms with Gasteiger partial charge in [0.25, 0.3) is 20.2 Å². The van der Waals surface area contributed by atoms with Crippen molar-refractivity contribution in [2.24, 2.45) is 23.7 Å². The molecule has 0 N–H and O–H groups in total. The highest BCUT2D eigenvalue weighted by Gasteiger charge is 2.45. The van der Waals surface area contributed by atoms with Gasteiger partial charge in [0.2, 0.25) is 0 Å². The van der Waals surface area contributed by atoms with Crippen molar-refractivity contribution < 1.29 is 25.2 Å². The summed E-state index contributed by atoms with van der Waals surface area (Å²) in [7, 11) is -7.76. The summed E-state index contributed by atoms with van der Waals surface area (Å²) in [4.78, 5) is 0.234. The molecule has 0 saturated heterocycles. The van der Waals surface area contributed by atoms with Crippen molar-refractivity contribution in [1.82, 2.24) is 0 Å². The van der Waals surface area contributed by atoms with Crippen molar-refractivity contribution in [1.29, 1.82) is 0 Å². The number of hydrogen-bond donors (Lipinski definition) is 0. The Bertz CT molecular complexity index is 1070. The van der Waals surface area contributed by atoms with Crippen molar-refractivity contribution >= 4 is 20.2 Å². The molecule has 0 spiro atoms. The maximum atomic E-state index is 12.6. The van der Waals surface area contributed by atoms with E-state index in [1.54, 1.807) is 24.3 Å². The molecule has 0 unspecified atom stereocenters. The summed E-state index contributed by atoms with van der Waals surface area (Å²) in [5.74, 6) is 0.0784. The quantitative estimate of drug-likeness (QED) is 0.437. The van der Waals surface area contributed by atoms with Gasteiger partial charge in [-0.1, -0.05) is 47.5 Å². The van der Waals surface area contributed by atoms with E-state index in [4.69, 9.17) is 8.37 Å². The van der Waals surface area contributed by atoms with Crippen LogP contribution >= 0.6 is 0 Å². The maximum absolute atomic E-state index is 12.6. The van der Waals surface area contributed by atoms with Crippen LogP contribution in [0.5, 0.6) is 0 Å². The zero-order valence-electron chi connectivity index (χ0n) is 17.5. The van der Waals surface area contributed by atoms with Crippen LogP contribution in [0.3, 0.4) is 0 Å². The summed E-state index contributed by atoms with van der Waals surface area (Å²) in [5.41, 5.74) is 1.92. The molecule has 0 radical (unpaired) electrons. The van der Waals surface area contributed by atoms with E-state index in [2.05, 4.69) is 12.2 Å². The lowest BCUT2D eigenvalue weighted by Gasteiger charge is -2.27. The molecule has 2 bridgehead atoms. The molecule has 0 aliphatic heterocycles. The van der Waals surface area contributed by atoms with Crippen LogP contribution in [-0.4, -0.2) is 30.0 Å². The minimum Gasteiger partial charge on any atom is -0.266 e. The smallest absolute Gasteiger partial charge is 0.266 e. The Kier molecular flexibility index (Phi) is 6.09. The van der Waals surface area contributed by atoms with E-state index in [0.717, 1.165) is 17.5 Å². The van der Waals surface area contributed by atoms with Gasteiger partial charge in [-0.3, -0.25) is 8.37 Å². The molecular formula is C23H26O6S2. The fraction of sp³-hybridized carbons (Fsp3) is 0.391.